The number of anilines is 2. The van der Waals surface area contributed by atoms with Crippen LogP contribution >= 0.6 is 35.0 Å². The predicted octanol–water partition coefficient (Wildman–Crippen LogP) is 3.75. The van der Waals surface area contributed by atoms with Gasteiger partial charge in [0.2, 0.25) is 5.91 Å². The van der Waals surface area contributed by atoms with Crippen molar-refractivity contribution in [3.05, 3.63) is 45.9 Å². The molecule has 5 N–H and O–H groups in total. The lowest BCUT2D eigenvalue weighted by molar-refractivity contribution is -0.140. The fraction of sp³-hybridized carbons (Fsp3) is 0.211. The Morgan fingerprint density at radius 1 is 1.17 bits per heavy atom. The second-order valence-corrected chi connectivity index (χ2v) is 7.97. The molecule has 2 aromatic carbocycles. The van der Waals surface area contributed by atoms with Crippen molar-refractivity contribution in [1.29, 1.82) is 0 Å². The highest BCUT2D eigenvalue weighted by molar-refractivity contribution is 7.99. The molecule has 0 bridgehead atoms. The lowest BCUT2D eigenvalue weighted by Crippen LogP contribution is -2.41. The highest BCUT2D eigenvalue weighted by Gasteiger charge is 2.23. The minimum atomic E-state index is -1.23. The number of carboxylic acid groups (broad SMARTS) is 2. The molecule has 160 valence electrons. The van der Waals surface area contributed by atoms with Crippen LogP contribution in [0, 0.1) is 0 Å². The summed E-state index contributed by atoms with van der Waals surface area (Å²) in [5.74, 6) is -3.11. The van der Waals surface area contributed by atoms with Crippen LogP contribution in [0.25, 0.3) is 0 Å². The first-order chi connectivity index (χ1) is 14.1. The molecule has 0 saturated carbocycles. The van der Waals surface area contributed by atoms with E-state index in [1.807, 2.05) is 0 Å². The summed E-state index contributed by atoms with van der Waals surface area (Å²) in [5.41, 5.74) is 1.19. The predicted molar refractivity (Wildman–Crippen MR) is 115 cm³/mol. The third-order valence-electron chi connectivity index (χ3n) is 3.84. The topological polar surface area (TPSA) is 136 Å². The van der Waals surface area contributed by atoms with Gasteiger partial charge in [-0.05, 0) is 11.6 Å². The second kappa shape index (κ2) is 10.4. The van der Waals surface area contributed by atoms with Crippen molar-refractivity contribution in [2.24, 2.45) is 0 Å². The Labute approximate surface area is 186 Å². The van der Waals surface area contributed by atoms with Crippen LogP contribution in [0.1, 0.15) is 12.5 Å². The molecule has 1 amide bonds. The van der Waals surface area contributed by atoms with Crippen molar-refractivity contribution in [3.63, 3.8) is 0 Å². The number of benzene rings is 2. The smallest absolute Gasteiger partial charge is 0.327 e. The van der Waals surface area contributed by atoms with Crippen LogP contribution in [-0.2, 0) is 20.8 Å². The summed E-state index contributed by atoms with van der Waals surface area (Å²) >= 11 is 13.6. The third-order valence-corrected chi connectivity index (χ3v) is 5.83. The van der Waals surface area contributed by atoms with Crippen molar-refractivity contribution in [2.45, 2.75) is 24.3 Å². The number of amides is 1. The zero-order valence-electron chi connectivity index (χ0n) is 15.6. The van der Waals surface area contributed by atoms with E-state index in [-0.39, 0.29) is 38.6 Å². The van der Waals surface area contributed by atoms with E-state index in [0.29, 0.717) is 11.3 Å². The van der Waals surface area contributed by atoms with Crippen molar-refractivity contribution in [2.75, 3.05) is 11.1 Å². The Hall–Kier alpha value is -2.62. The van der Waals surface area contributed by atoms with Gasteiger partial charge in [-0.3, -0.25) is 9.59 Å². The fourth-order valence-corrected chi connectivity index (χ4v) is 4.22. The molecule has 0 radical (unpaired) electrons. The van der Waals surface area contributed by atoms with E-state index in [4.69, 9.17) is 28.3 Å². The van der Waals surface area contributed by atoms with Gasteiger partial charge >= 0.3 is 11.9 Å². The number of rotatable bonds is 9. The number of phenols is 1. The van der Waals surface area contributed by atoms with Gasteiger partial charge in [0.1, 0.15) is 11.8 Å². The maximum absolute atomic E-state index is 11.3. The lowest BCUT2D eigenvalue weighted by atomic mass is 10.1. The minimum absolute atomic E-state index is 0.0297. The Morgan fingerprint density at radius 2 is 1.83 bits per heavy atom. The van der Waals surface area contributed by atoms with E-state index in [1.165, 1.54) is 13.0 Å². The zero-order valence-corrected chi connectivity index (χ0v) is 17.9. The maximum atomic E-state index is 11.3. The maximum Gasteiger partial charge on any atom is 0.327 e. The molecule has 0 aliphatic rings. The highest BCUT2D eigenvalue weighted by atomic mass is 35.5. The first-order valence-electron chi connectivity index (χ1n) is 8.50. The van der Waals surface area contributed by atoms with Gasteiger partial charge in [-0.15, -0.1) is 11.8 Å². The number of hydrogen-bond acceptors (Lipinski definition) is 6. The number of aliphatic carboxylic acids is 2. The molecule has 2 aromatic rings. The van der Waals surface area contributed by atoms with Gasteiger partial charge in [-0.25, -0.2) is 4.79 Å². The second-order valence-electron chi connectivity index (χ2n) is 6.15. The third kappa shape index (κ3) is 6.19. The molecule has 0 aliphatic heterocycles. The SMILES string of the molecule is CC(=O)N[C@@H](CSc1c(O)cc(Cl)c(Nc2ccccc2CC(=O)O)c1Cl)C(=O)O. The zero-order chi connectivity index (χ0) is 22.4. The molecule has 0 aliphatic carbocycles. The normalized spacial score (nSPS) is 11.6. The molecule has 0 spiro atoms. The number of aromatic hydroxyl groups is 1. The summed E-state index contributed by atoms with van der Waals surface area (Å²) in [6.45, 7) is 1.20. The summed E-state index contributed by atoms with van der Waals surface area (Å²) in [6, 6.07) is 6.74. The van der Waals surface area contributed by atoms with Crippen LogP contribution in [0.5, 0.6) is 5.75 Å². The van der Waals surface area contributed by atoms with Crippen molar-refractivity contribution >= 4 is 64.2 Å². The summed E-state index contributed by atoms with van der Waals surface area (Å²) in [7, 11) is 0. The molecule has 0 aromatic heterocycles. The average molecular weight is 473 g/mol. The van der Waals surface area contributed by atoms with Gasteiger partial charge in [0.25, 0.3) is 0 Å². The number of nitrogens with one attached hydrogen (secondary N) is 2. The molecule has 0 heterocycles. The van der Waals surface area contributed by atoms with Gasteiger partial charge < -0.3 is 26.0 Å². The first kappa shape index (κ1) is 23.7. The van der Waals surface area contributed by atoms with Crippen LogP contribution < -0.4 is 10.6 Å². The van der Waals surface area contributed by atoms with Crippen molar-refractivity contribution < 1.29 is 29.7 Å². The van der Waals surface area contributed by atoms with Crippen LogP contribution in [0.2, 0.25) is 10.0 Å². The van der Waals surface area contributed by atoms with E-state index in [9.17, 15) is 24.6 Å². The summed E-state index contributed by atoms with van der Waals surface area (Å²) in [6.07, 6.45) is -0.227. The number of carboxylic acids is 2. The van der Waals surface area contributed by atoms with E-state index in [1.54, 1.807) is 24.3 Å². The van der Waals surface area contributed by atoms with E-state index in [0.717, 1.165) is 11.8 Å². The number of hydrogen-bond donors (Lipinski definition) is 5. The Balaban J connectivity index is 2.34. The summed E-state index contributed by atoms with van der Waals surface area (Å²) in [4.78, 5) is 33.7. The number of thioether (sulfide) groups is 1. The lowest BCUT2D eigenvalue weighted by Gasteiger charge is -2.18. The number of phenolic OH excluding ortho intramolecular Hbond substituents is 1. The van der Waals surface area contributed by atoms with E-state index in [2.05, 4.69) is 10.6 Å². The quantitative estimate of drug-likeness (QED) is 0.275. The first-order valence-corrected chi connectivity index (χ1v) is 10.2. The van der Waals surface area contributed by atoms with Gasteiger partial charge in [-0.2, -0.15) is 0 Å². The van der Waals surface area contributed by atoms with E-state index < -0.39 is 23.9 Å². The fourth-order valence-electron chi connectivity index (χ4n) is 2.52. The summed E-state index contributed by atoms with van der Waals surface area (Å²) < 4.78 is 0. The van der Waals surface area contributed by atoms with Crippen LogP contribution in [0.15, 0.2) is 35.2 Å². The molecule has 0 fully saturated rings. The van der Waals surface area contributed by atoms with Crippen LogP contribution in [0.4, 0.5) is 11.4 Å². The minimum Gasteiger partial charge on any atom is -0.507 e. The number of carbonyl (C=O) groups is 3. The Bertz CT molecular complexity index is 986. The van der Waals surface area contributed by atoms with Gasteiger partial charge in [0.05, 0.1) is 27.0 Å². The summed E-state index contributed by atoms with van der Waals surface area (Å²) in [5, 5.41) is 34.0. The largest absolute Gasteiger partial charge is 0.507 e. The Kier molecular flexibility index (Phi) is 8.22. The van der Waals surface area contributed by atoms with Crippen molar-refractivity contribution in [3.8, 4) is 5.75 Å². The van der Waals surface area contributed by atoms with Crippen molar-refractivity contribution in [1.82, 2.24) is 5.32 Å². The number of halogens is 2. The Morgan fingerprint density at radius 3 is 2.43 bits per heavy atom. The monoisotopic (exact) mass is 472 g/mol. The molecule has 8 nitrogen and oxygen atoms in total. The van der Waals surface area contributed by atoms with Gasteiger partial charge in [-0.1, -0.05) is 41.4 Å². The standard InChI is InChI=1S/C19H18Cl2N2O6S/c1-9(24)22-13(19(28)29)8-30-18-14(25)7-11(20)17(16(18)21)23-12-5-3-2-4-10(12)6-15(26)27/h2-5,7,13,23,25H,6,8H2,1H3,(H,22,24)(H,26,27)(H,28,29)/t13-/m0/s1. The molecular weight excluding hydrogens is 455 g/mol. The number of carbonyl (C=O) groups excluding carboxylic acids is 1. The molecule has 30 heavy (non-hydrogen) atoms. The van der Waals surface area contributed by atoms with Gasteiger partial charge in [0, 0.05) is 24.4 Å². The molecule has 0 saturated heterocycles. The molecule has 11 heteroatoms. The molecule has 2 rings (SSSR count). The average Bonchev–Trinajstić information content (AvgIpc) is 2.64. The van der Waals surface area contributed by atoms with Crippen LogP contribution in [-0.4, -0.2) is 45.0 Å². The number of para-hydroxylation sites is 1. The van der Waals surface area contributed by atoms with Crippen LogP contribution in [0.3, 0.4) is 0 Å². The molecular formula is C19H18Cl2N2O6S. The van der Waals surface area contributed by atoms with Gasteiger partial charge in [0.15, 0.2) is 0 Å². The molecule has 1 atom stereocenters. The molecule has 0 unspecified atom stereocenters. The van der Waals surface area contributed by atoms with E-state index >= 15 is 0 Å². The highest BCUT2D eigenvalue weighted by Crippen LogP contribution is 2.45.